The van der Waals surface area contributed by atoms with Gasteiger partial charge in [0.05, 0.1) is 13.2 Å². The summed E-state index contributed by atoms with van der Waals surface area (Å²) in [6.45, 7) is 4.67. The zero-order valence-electron chi connectivity index (χ0n) is 10.2. The molecule has 1 aromatic carbocycles. The van der Waals surface area contributed by atoms with Gasteiger partial charge < -0.3 is 14.8 Å². The Morgan fingerprint density at radius 1 is 1.24 bits per heavy atom. The Balaban J connectivity index is 2.26. The molecule has 0 saturated carbocycles. The van der Waals surface area contributed by atoms with Gasteiger partial charge in [-0.3, -0.25) is 0 Å². The maximum Gasteiger partial charge on any atom is 0.119 e. The van der Waals surface area contributed by atoms with Gasteiger partial charge in [-0.05, 0) is 55.3 Å². The Bertz CT molecular complexity index is 485. The molecule has 0 aliphatic carbocycles. The zero-order chi connectivity index (χ0) is 12.3. The van der Waals surface area contributed by atoms with E-state index in [0.29, 0.717) is 6.61 Å². The first-order valence-electron chi connectivity index (χ1n) is 5.77. The molecule has 0 fully saturated rings. The van der Waals surface area contributed by atoms with E-state index in [0.717, 1.165) is 28.3 Å². The fourth-order valence-electron chi connectivity index (χ4n) is 1.82. The van der Waals surface area contributed by atoms with Crippen molar-refractivity contribution in [2.75, 3.05) is 6.61 Å². The highest BCUT2D eigenvalue weighted by Gasteiger charge is 2.05. The summed E-state index contributed by atoms with van der Waals surface area (Å²) in [6, 6.07) is 9.90. The second-order valence-corrected chi connectivity index (χ2v) is 3.95. The quantitative estimate of drug-likeness (QED) is 0.849. The third-order valence-electron chi connectivity index (χ3n) is 2.77. The number of benzene rings is 1. The number of aromatic amines is 1. The molecule has 1 aromatic heterocycles. The highest BCUT2D eigenvalue weighted by Crippen LogP contribution is 2.24. The van der Waals surface area contributed by atoms with Crippen molar-refractivity contribution >= 4 is 0 Å². The van der Waals surface area contributed by atoms with Crippen LogP contribution in [0.25, 0.3) is 11.3 Å². The fourth-order valence-corrected chi connectivity index (χ4v) is 1.82. The number of aliphatic hydroxyl groups excluding tert-OH is 1. The molecule has 0 bridgehead atoms. The first-order valence-corrected chi connectivity index (χ1v) is 5.77. The van der Waals surface area contributed by atoms with E-state index in [1.54, 1.807) is 0 Å². The third-order valence-corrected chi connectivity index (χ3v) is 2.77. The molecular formula is C14H17NO2. The van der Waals surface area contributed by atoms with Crippen molar-refractivity contribution in [2.45, 2.75) is 20.5 Å². The van der Waals surface area contributed by atoms with Gasteiger partial charge in [0.25, 0.3) is 0 Å². The number of aryl methyl sites for hydroxylation is 1. The van der Waals surface area contributed by atoms with Crippen molar-refractivity contribution in [3.63, 3.8) is 0 Å². The van der Waals surface area contributed by atoms with Gasteiger partial charge in [0.2, 0.25) is 0 Å². The predicted octanol–water partition coefficient (Wildman–Crippen LogP) is 2.88. The summed E-state index contributed by atoms with van der Waals surface area (Å²) in [4.78, 5) is 3.26. The molecule has 0 amide bonds. The maximum atomic E-state index is 9.15. The second kappa shape index (κ2) is 5.06. The van der Waals surface area contributed by atoms with E-state index in [1.807, 2.05) is 44.2 Å². The largest absolute Gasteiger partial charge is 0.494 e. The lowest BCUT2D eigenvalue weighted by Crippen LogP contribution is -1.90. The molecular weight excluding hydrogens is 214 g/mol. The smallest absolute Gasteiger partial charge is 0.119 e. The van der Waals surface area contributed by atoms with Gasteiger partial charge in [0.1, 0.15) is 5.75 Å². The number of hydrogen-bond acceptors (Lipinski definition) is 2. The molecule has 0 saturated heterocycles. The first-order chi connectivity index (χ1) is 8.24. The van der Waals surface area contributed by atoms with Gasteiger partial charge in [0, 0.05) is 11.4 Å². The van der Waals surface area contributed by atoms with Crippen molar-refractivity contribution in [1.82, 2.24) is 4.98 Å². The molecule has 0 unspecified atom stereocenters. The molecule has 0 atom stereocenters. The van der Waals surface area contributed by atoms with E-state index in [2.05, 4.69) is 4.98 Å². The van der Waals surface area contributed by atoms with E-state index < -0.39 is 0 Å². The summed E-state index contributed by atoms with van der Waals surface area (Å²) in [6.07, 6.45) is 0. The summed E-state index contributed by atoms with van der Waals surface area (Å²) < 4.78 is 5.40. The molecule has 0 aliphatic heterocycles. The van der Waals surface area contributed by atoms with Crippen LogP contribution in [0.2, 0.25) is 0 Å². The average molecular weight is 231 g/mol. The molecule has 90 valence electrons. The number of nitrogens with one attached hydrogen (secondary N) is 1. The minimum atomic E-state index is 0.0688. The number of aromatic nitrogens is 1. The number of aliphatic hydroxyl groups is 1. The van der Waals surface area contributed by atoms with Gasteiger partial charge in [-0.25, -0.2) is 0 Å². The van der Waals surface area contributed by atoms with Crippen molar-refractivity contribution < 1.29 is 9.84 Å². The van der Waals surface area contributed by atoms with Gasteiger partial charge in [0.15, 0.2) is 0 Å². The fraction of sp³-hybridized carbons (Fsp3) is 0.286. The van der Waals surface area contributed by atoms with Crippen LogP contribution in [-0.4, -0.2) is 16.7 Å². The minimum absolute atomic E-state index is 0.0688. The van der Waals surface area contributed by atoms with Crippen LogP contribution in [0.5, 0.6) is 5.75 Å². The van der Waals surface area contributed by atoms with Crippen molar-refractivity contribution in [3.05, 3.63) is 41.6 Å². The Morgan fingerprint density at radius 2 is 1.94 bits per heavy atom. The zero-order valence-corrected chi connectivity index (χ0v) is 10.2. The lowest BCUT2D eigenvalue weighted by molar-refractivity contribution is 0.281. The summed E-state index contributed by atoms with van der Waals surface area (Å²) in [5.41, 5.74) is 4.07. The van der Waals surface area contributed by atoms with Gasteiger partial charge in [-0.2, -0.15) is 0 Å². The Kier molecular flexibility index (Phi) is 3.49. The number of H-pyrrole nitrogens is 1. The Hall–Kier alpha value is -1.74. The summed E-state index contributed by atoms with van der Waals surface area (Å²) >= 11 is 0. The molecule has 0 radical (unpaired) electrons. The second-order valence-electron chi connectivity index (χ2n) is 3.95. The molecule has 0 spiro atoms. The predicted molar refractivity (Wildman–Crippen MR) is 68.1 cm³/mol. The highest BCUT2D eigenvalue weighted by molar-refractivity contribution is 5.62. The first kappa shape index (κ1) is 11.7. The van der Waals surface area contributed by atoms with E-state index >= 15 is 0 Å². The topological polar surface area (TPSA) is 45.2 Å². The summed E-state index contributed by atoms with van der Waals surface area (Å²) in [5, 5.41) is 9.15. The third kappa shape index (κ3) is 2.50. The van der Waals surface area contributed by atoms with Crippen LogP contribution in [0.15, 0.2) is 30.3 Å². The van der Waals surface area contributed by atoms with Gasteiger partial charge in [-0.1, -0.05) is 0 Å². The molecule has 2 aromatic rings. The molecule has 17 heavy (non-hydrogen) atoms. The van der Waals surface area contributed by atoms with Crippen LogP contribution in [0.1, 0.15) is 18.2 Å². The van der Waals surface area contributed by atoms with Crippen LogP contribution in [0, 0.1) is 6.92 Å². The van der Waals surface area contributed by atoms with E-state index in [-0.39, 0.29) is 6.61 Å². The standard InChI is InChI=1S/C14H17NO2/c1-3-17-13-6-4-11(5-7-13)14-8-12(9-16)10(2)15-14/h4-8,15-16H,3,9H2,1-2H3. The van der Waals surface area contributed by atoms with Crippen LogP contribution < -0.4 is 4.74 Å². The van der Waals surface area contributed by atoms with E-state index in [1.165, 1.54) is 0 Å². The van der Waals surface area contributed by atoms with E-state index in [4.69, 9.17) is 9.84 Å². The molecule has 3 nitrogen and oxygen atoms in total. The van der Waals surface area contributed by atoms with Crippen LogP contribution in [-0.2, 0) is 6.61 Å². The van der Waals surface area contributed by atoms with Gasteiger partial charge in [-0.15, -0.1) is 0 Å². The maximum absolute atomic E-state index is 9.15. The number of hydrogen-bond donors (Lipinski definition) is 2. The Morgan fingerprint density at radius 3 is 2.47 bits per heavy atom. The highest BCUT2D eigenvalue weighted by atomic mass is 16.5. The number of ether oxygens (including phenoxy) is 1. The van der Waals surface area contributed by atoms with E-state index in [9.17, 15) is 0 Å². The minimum Gasteiger partial charge on any atom is -0.494 e. The summed E-state index contributed by atoms with van der Waals surface area (Å²) in [7, 11) is 0. The summed E-state index contributed by atoms with van der Waals surface area (Å²) in [5.74, 6) is 0.877. The SMILES string of the molecule is CCOc1ccc(-c2cc(CO)c(C)[nH]2)cc1. The molecule has 2 rings (SSSR count). The monoisotopic (exact) mass is 231 g/mol. The molecule has 3 heteroatoms. The lowest BCUT2D eigenvalue weighted by atomic mass is 10.1. The Labute approximate surface area is 101 Å². The van der Waals surface area contributed by atoms with Crippen molar-refractivity contribution in [2.24, 2.45) is 0 Å². The molecule has 1 heterocycles. The van der Waals surface area contributed by atoms with Crippen LogP contribution in [0.3, 0.4) is 0 Å². The van der Waals surface area contributed by atoms with Crippen LogP contribution in [0.4, 0.5) is 0 Å². The number of rotatable bonds is 4. The molecule has 2 N–H and O–H groups in total. The molecule has 0 aliphatic rings. The van der Waals surface area contributed by atoms with Crippen LogP contribution >= 0.6 is 0 Å². The van der Waals surface area contributed by atoms with Crippen molar-refractivity contribution in [3.8, 4) is 17.0 Å². The van der Waals surface area contributed by atoms with Crippen molar-refractivity contribution in [1.29, 1.82) is 0 Å². The lowest BCUT2D eigenvalue weighted by Gasteiger charge is -2.03. The van der Waals surface area contributed by atoms with Gasteiger partial charge >= 0.3 is 0 Å². The average Bonchev–Trinajstić information content (AvgIpc) is 2.72. The normalized spacial score (nSPS) is 10.5.